The summed E-state index contributed by atoms with van der Waals surface area (Å²) < 4.78 is 0. The largest absolute Gasteiger partial charge is 0.465 e. The number of thiophene rings is 1. The molecule has 2 amide bonds. The van der Waals surface area contributed by atoms with Crippen LogP contribution in [0.2, 0.25) is 0 Å². The van der Waals surface area contributed by atoms with Crippen LogP contribution in [0.1, 0.15) is 34.9 Å². The third-order valence-corrected chi connectivity index (χ3v) is 5.77. The molecule has 5 nitrogen and oxygen atoms in total. The van der Waals surface area contributed by atoms with Crippen molar-refractivity contribution in [2.24, 2.45) is 0 Å². The van der Waals surface area contributed by atoms with Crippen molar-refractivity contribution in [2.45, 2.75) is 38.8 Å². The molecule has 108 valence electrons. The lowest BCUT2D eigenvalue weighted by Crippen LogP contribution is -2.54. The molecule has 1 aromatic heterocycles. The Morgan fingerprint density at radius 3 is 2.75 bits per heavy atom. The van der Waals surface area contributed by atoms with Gasteiger partial charge in [-0.25, -0.2) is 4.79 Å². The molecule has 20 heavy (non-hydrogen) atoms. The van der Waals surface area contributed by atoms with Crippen LogP contribution in [0.5, 0.6) is 0 Å². The summed E-state index contributed by atoms with van der Waals surface area (Å²) in [7, 11) is 0. The van der Waals surface area contributed by atoms with E-state index in [2.05, 4.69) is 5.38 Å². The zero-order valence-corrected chi connectivity index (χ0v) is 12.4. The monoisotopic (exact) mass is 294 g/mol. The predicted molar refractivity (Wildman–Crippen MR) is 76.0 cm³/mol. The number of aryl methyl sites for hydroxylation is 1. The highest BCUT2D eigenvalue weighted by Gasteiger charge is 2.46. The molecule has 0 spiro atoms. The van der Waals surface area contributed by atoms with E-state index in [1.54, 1.807) is 11.3 Å². The Balaban J connectivity index is 2.03. The van der Waals surface area contributed by atoms with Crippen molar-refractivity contribution in [3.63, 3.8) is 0 Å². The SMILES string of the molecule is Cc1csc(C2[C@@H]3CCC(=O)N3CCN2C(=O)O)c1C. The standard InChI is InChI=1S/C14H18N2O3S/c1-8-7-20-13(9(8)2)12-10-3-4-11(17)15(10)5-6-16(12)14(18)19/h7,10,12H,3-6H2,1-2H3,(H,18,19)/t10-,12?/m0/s1. The van der Waals surface area contributed by atoms with E-state index in [-0.39, 0.29) is 18.0 Å². The molecule has 0 bridgehead atoms. The fourth-order valence-electron chi connectivity index (χ4n) is 3.28. The summed E-state index contributed by atoms with van der Waals surface area (Å²) in [6, 6.07) is -0.199. The van der Waals surface area contributed by atoms with Crippen molar-refractivity contribution in [3.8, 4) is 0 Å². The Morgan fingerprint density at radius 1 is 1.40 bits per heavy atom. The number of carbonyl (C=O) groups excluding carboxylic acids is 1. The third-order valence-electron chi connectivity index (χ3n) is 4.49. The van der Waals surface area contributed by atoms with Crippen LogP contribution in [0.4, 0.5) is 4.79 Å². The molecular weight excluding hydrogens is 276 g/mol. The topological polar surface area (TPSA) is 60.9 Å². The smallest absolute Gasteiger partial charge is 0.407 e. The van der Waals surface area contributed by atoms with Crippen molar-refractivity contribution < 1.29 is 14.7 Å². The minimum atomic E-state index is -0.889. The molecule has 1 N–H and O–H groups in total. The number of amides is 2. The summed E-state index contributed by atoms with van der Waals surface area (Å²) in [6.45, 7) is 5.01. The molecule has 2 fully saturated rings. The average molecular weight is 294 g/mol. The van der Waals surface area contributed by atoms with Gasteiger partial charge in [-0.3, -0.25) is 9.69 Å². The van der Waals surface area contributed by atoms with Crippen LogP contribution in [0.15, 0.2) is 5.38 Å². The van der Waals surface area contributed by atoms with Gasteiger partial charge in [0.1, 0.15) is 0 Å². The van der Waals surface area contributed by atoms with Crippen LogP contribution >= 0.6 is 11.3 Å². The highest BCUT2D eigenvalue weighted by Crippen LogP contribution is 2.41. The minimum absolute atomic E-state index is 0.00380. The quantitative estimate of drug-likeness (QED) is 0.865. The minimum Gasteiger partial charge on any atom is -0.465 e. The molecule has 0 aromatic carbocycles. The molecule has 2 atom stereocenters. The van der Waals surface area contributed by atoms with E-state index in [0.29, 0.717) is 19.5 Å². The summed E-state index contributed by atoms with van der Waals surface area (Å²) in [4.78, 5) is 27.9. The Hall–Kier alpha value is -1.56. The lowest BCUT2D eigenvalue weighted by atomic mass is 9.97. The predicted octanol–water partition coefficient (Wildman–Crippen LogP) is 2.39. The van der Waals surface area contributed by atoms with E-state index in [1.165, 1.54) is 10.5 Å². The molecule has 1 aromatic rings. The fourth-order valence-corrected chi connectivity index (χ4v) is 4.52. The molecule has 0 saturated carbocycles. The molecule has 0 radical (unpaired) electrons. The maximum atomic E-state index is 11.9. The molecule has 0 aliphatic carbocycles. The van der Waals surface area contributed by atoms with Gasteiger partial charge < -0.3 is 10.0 Å². The van der Waals surface area contributed by atoms with Gasteiger partial charge in [0, 0.05) is 24.4 Å². The Bertz CT molecular complexity index is 569. The summed E-state index contributed by atoms with van der Waals surface area (Å²) in [6.07, 6.45) is 0.404. The highest BCUT2D eigenvalue weighted by molar-refractivity contribution is 7.10. The second-order valence-electron chi connectivity index (χ2n) is 5.52. The summed E-state index contributed by atoms with van der Waals surface area (Å²) in [5, 5.41) is 11.6. The van der Waals surface area contributed by atoms with Gasteiger partial charge in [-0.2, -0.15) is 0 Å². The summed E-state index contributed by atoms with van der Waals surface area (Å²) in [5.74, 6) is 0.163. The first kappa shape index (κ1) is 13.4. The highest BCUT2D eigenvalue weighted by atomic mass is 32.1. The van der Waals surface area contributed by atoms with E-state index in [9.17, 15) is 14.7 Å². The van der Waals surface area contributed by atoms with Crippen molar-refractivity contribution >= 4 is 23.3 Å². The first-order chi connectivity index (χ1) is 9.50. The van der Waals surface area contributed by atoms with Crippen molar-refractivity contribution in [3.05, 3.63) is 21.4 Å². The molecule has 2 aliphatic heterocycles. The second-order valence-corrected chi connectivity index (χ2v) is 6.43. The van der Waals surface area contributed by atoms with E-state index < -0.39 is 6.09 Å². The van der Waals surface area contributed by atoms with Gasteiger partial charge in [0.05, 0.1) is 12.1 Å². The number of nitrogens with zero attached hydrogens (tertiary/aromatic N) is 2. The number of carbonyl (C=O) groups is 2. The van der Waals surface area contributed by atoms with Crippen LogP contribution in [0.3, 0.4) is 0 Å². The summed E-state index contributed by atoms with van der Waals surface area (Å²) in [5.41, 5.74) is 2.35. The van der Waals surface area contributed by atoms with Gasteiger partial charge in [0.2, 0.25) is 5.91 Å². The summed E-state index contributed by atoms with van der Waals surface area (Å²) >= 11 is 1.61. The van der Waals surface area contributed by atoms with Crippen LogP contribution < -0.4 is 0 Å². The fraction of sp³-hybridized carbons (Fsp3) is 0.571. The van der Waals surface area contributed by atoms with Gasteiger partial charge in [-0.1, -0.05) is 0 Å². The maximum Gasteiger partial charge on any atom is 0.407 e. The molecule has 3 heterocycles. The molecule has 2 saturated heterocycles. The van der Waals surface area contributed by atoms with E-state index in [4.69, 9.17) is 0 Å². The van der Waals surface area contributed by atoms with Crippen LogP contribution in [-0.4, -0.2) is 46.0 Å². The molecule has 1 unspecified atom stereocenters. The van der Waals surface area contributed by atoms with Gasteiger partial charge in [0.25, 0.3) is 0 Å². The van der Waals surface area contributed by atoms with Gasteiger partial charge in [-0.15, -0.1) is 11.3 Å². The molecule has 3 rings (SSSR count). The number of hydrogen-bond donors (Lipinski definition) is 1. The van der Waals surface area contributed by atoms with Crippen molar-refractivity contribution in [1.82, 2.24) is 9.80 Å². The third kappa shape index (κ3) is 1.90. The van der Waals surface area contributed by atoms with Crippen molar-refractivity contribution in [1.29, 1.82) is 0 Å². The Morgan fingerprint density at radius 2 is 2.15 bits per heavy atom. The average Bonchev–Trinajstić information content (AvgIpc) is 2.94. The van der Waals surface area contributed by atoms with Gasteiger partial charge in [-0.05, 0) is 36.8 Å². The number of fused-ring (bicyclic) bond motifs is 1. The first-order valence-corrected chi connectivity index (χ1v) is 7.72. The number of carboxylic acid groups (broad SMARTS) is 1. The van der Waals surface area contributed by atoms with Crippen LogP contribution in [-0.2, 0) is 4.79 Å². The van der Waals surface area contributed by atoms with E-state index in [1.807, 2.05) is 18.7 Å². The van der Waals surface area contributed by atoms with Gasteiger partial charge >= 0.3 is 6.09 Å². The lowest BCUT2D eigenvalue weighted by Gasteiger charge is -2.43. The molecule has 2 aliphatic rings. The Kier molecular flexibility index (Phi) is 3.20. The van der Waals surface area contributed by atoms with Crippen LogP contribution in [0.25, 0.3) is 0 Å². The number of hydrogen-bond acceptors (Lipinski definition) is 3. The van der Waals surface area contributed by atoms with Crippen molar-refractivity contribution in [2.75, 3.05) is 13.1 Å². The normalized spacial score (nSPS) is 26.0. The zero-order valence-electron chi connectivity index (χ0n) is 11.6. The lowest BCUT2D eigenvalue weighted by molar-refractivity contribution is -0.131. The first-order valence-electron chi connectivity index (χ1n) is 6.84. The Labute approximate surface area is 121 Å². The number of rotatable bonds is 1. The molecule has 6 heteroatoms. The van der Waals surface area contributed by atoms with Crippen LogP contribution in [0, 0.1) is 13.8 Å². The second kappa shape index (κ2) is 4.77. The maximum absolute atomic E-state index is 11.9. The van der Waals surface area contributed by atoms with Gasteiger partial charge in [0.15, 0.2) is 0 Å². The van der Waals surface area contributed by atoms with E-state index >= 15 is 0 Å². The molecular formula is C14H18N2O3S. The number of piperazine rings is 1. The zero-order chi connectivity index (χ0) is 14.4. The van der Waals surface area contributed by atoms with E-state index in [0.717, 1.165) is 16.9 Å².